The van der Waals surface area contributed by atoms with E-state index in [0.717, 1.165) is 17.5 Å². The molecule has 4 atom stereocenters. The van der Waals surface area contributed by atoms with E-state index in [4.69, 9.17) is 21.1 Å². The van der Waals surface area contributed by atoms with Gasteiger partial charge in [-0.3, -0.25) is 4.79 Å². The molecule has 4 heteroatoms. The van der Waals surface area contributed by atoms with Gasteiger partial charge in [-0.15, -0.1) is 0 Å². The Kier molecular flexibility index (Phi) is 5.21. The van der Waals surface area contributed by atoms with Crippen molar-refractivity contribution in [1.29, 1.82) is 0 Å². The third kappa shape index (κ3) is 3.61. The van der Waals surface area contributed by atoms with Crippen LogP contribution in [0.5, 0.6) is 0 Å². The molecule has 2 aromatic carbocycles. The number of allylic oxidation sites excluding steroid dienone is 2. The molecular formula is C22H21ClO3. The first-order valence-electron chi connectivity index (χ1n) is 8.95. The first-order chi connectivity index (χ1) is 12.7. The second kappa shape index (κ2) is 7.75. The highest BCUT2D eigenvalue weighted by molar-refractivity contribution is 6.43. The summed E-state index contributed by atoms with van der Waals surface area (Å²) in [4.78, 5) is 12.5. The summed E-state index contributed by atoms with van der Waals surface area (Å²) in [6, 6.07) is 20.1. The molecule has 26 heavy (non-hydrogen) atoms. The molecule has 4 rings (SSSR count). The lowest BCUT2D eigenvalue weighted by Gasteiger charge is -2.24. The Labute approximate surface area is 158 Å². The summed E-state index contributed by atoms with van der Waals surface area (Å²) in [7, 11) is 0. The molecule has 1 fully saturated rings. The maximum Gasteiger partial charge on any atom is 0.180 e. The molecule has 0 amide bonds. The minimum absolute atomic E-state index is 0.0134. The van der Waals surface area contributed by atoms with E-state index in [2.05, 4.69) is 0 Å². The highest BCUT2D eigenvalue weighted by Crippen LogP contribution is 2.45. The van der Waals surface area contributed by atoms with E-state index < -0.39 is 0 Å². The standard InChI is InChI=1S/C22H21ClO3/c23-18-11-17-12-19(25-13-15-7-3-1-4-8-15)22(20(17)21(18)24)26-14-16-9-5-2-6-10-16/h1-11,17,19-20,22H,12-14H2/t17-,19-,20+,22-/m1/s1. The lowest BCUT2D eigenvalue weighted by molar-refractivity contribution is -0.128. The zero-order chi connectivity index (χ0) is 17.9. The van der Waals surface area contributed by atoms with Crippen molar-refractivity contribution in [2.45, 2.75) is 31.8 Å². The zero-order valence-corrected chi connectivity index (χ0v) is 15.1. The van der Waals surface area contributed by atoms with Gasteiger partial charge < -0.3 is 9.47 Å². The van der Waals surface area contributed by atoms with Crippen LogP contribution < -0.4 is 0 Å². The lowest BCUT2D eigenvalue weighted by Crippen LogP contribution is -2.34. The molecule has 0 unspecified atom stereocenters. The van der Waals surface area contributed by atoms with Crippen LogP contribution in [0.15, 0.2) is 71.8 Å². The van der Waals surface area contributed by atoms with Gasteiger partial charge in [0.2, 0.25) is 0 Å². The van der Waals surface area contributed by atoms with Gasteiger partial charge >= 0.3 is 0 Å². The number of ketones is 1. The minimum atomic E-state index is -0.274. The monoisotopic (exact) mass is 368 g/mol. The van der Waals surface area contributed by atoms with E-state index in [9.17, 15) is 4.79 Å². The van der Waals surface area contributed by atoms with Crippen molar-refractivity contribution < 1.29 is 14.3 Å². The maximum atomic E-state index is 12.5. The third-order valence-corrected chi connectivity index (χ3v) is 5.49. The Bertz CT molecular complexity index is 788. The van der Waals surface area contributed by atoms with Gasteiger partial charge in [0, 0.05) is 0 Å². The Hall–Kier alpha value is -1.94. The van der Waals surface area contributed by atoms with Crippen LogP contribution in [0.1, 0.15) is 17.5 Å². The fraction of sp³-hybridized carbons (Fsp3) is 0.318. The van der Waals surface area contributed by atoms with Crippen LogP contribution in [0, 0.1) is 11.8 Å². The van der Waals surface area contributed by atoms with E-state index in [1.54, 1.807) is 0 Å². The predicted octanol–water partition coefficient (Wildman–Crippen LogP) is 4.50. The number of hydrogen-bond acceptors (Lipinski definition) is 3. The van der Waals surface area contributed by atoms with Crippen LogP contribution in [0.3, 0.4) is 0 Å². The molecule has 0 heterocycles. The summed E-state index contributed by atoms with van der Waals surface area (Å²) in [5.41, 5.74) is 2.20. The fourth-order valence-corrected chi connectivity index (χ4v) is 4.17. The average Bonchev–Trinajstić information content (AvgIpc) is 3.15. The van der Waals surface area contributed by atoms with Crippen LogP contribution in [0.25, 0.3) is 0 Å². The summed E-state index contributed by atoms with van der Waals surface area (Å²) < 4.78 is 12.3. The van der Waals surface area contributed by atoms with Gasteiger partial charge in [-0.25, -0.2) is 0 Å². The number of carbonyl (C=O) groups excluding carboxylic acids is 1. The van der Waals surface area contributed by atoms with Crippen molar-refractivity contribution in [1.82, 2.24) is 0 Å². The minimum Gasteiger partial charge on any atom is -0.371 e. The normalized spacial score (nSPS) is 27.4. The number of rotatable bonds is 6. The molecule has 0 aromatic heterocycles. The van der Waals surface area contributed by atoms with E-state index in [-0.39, 0.29) is 29.8 Å². The molecular weight excluding hydrogens is 348 g/mol. The van der Waals surface area contributed by atoms with Crippen LogP contribution >= 0.6 is 11.6 Å². The summed E-state index contributed by atoms with van der Waals surface area (Å²) in [6.07, 6.45) is 2.25. The molecule has 2 aromatic rings. The third-order valence-electron chi connectivity index (χ3n) is 5.18. The van der Waals surface area contributed by atoms with E-state index in [1.165, 1.54) is 0 Å². The van der Waals surface area contributed by atoms with Gasteiger partial charge in [-0.2, -0.15) is 0 Å². The second-order valence-electron chi connectivity index (χ2n) is 6.90. The summed E-state index contributed by atoms with van der Waals surface area (Å²) in [6.45, 7) is 0.979. The molecule has 0 aliphatic heterocycles. The van der Waals surface area contributed by atoms with Crippen molar-refractivity contribution in [2.24, 2.45) is 11.8 Å². The molecule has 2 aliphatic carbocycles. The predicted molar refractivity (Wildman–Crippen MR) is 101 cm³/mol. The van der Waals surface area contributed by atoms with E-state index in [1.807, 2.05) is 66.7 Å². The smallest absolute Gasteiger partial charge is 0.180 e. The SMILES string of the molecule is O=C1C(Cl)=C[C@@H]2C[C@@H](OCc3ccccc3)[C@@H](OCc3ccccc3)[C@H]12. The summed E-state index contributed by atoms with van der Waals surface area (Å²) in [5, 5.41) is 0.342. The Morgan fingerprint density at radius 1 is 0.885 bits per heavy atom. The number of Topliss-reactive ketones (excluding diaryl/α,β-unsaturated/α-hetero) is 1. The van der Waals surface area contributed by atoms with Crippen molar-refractivity contribution >= 4 is 17.4 Å². The number of halogens is 1. The van der Waals surface area contributed by atoms with Gasteiger partial charge in [0.05, 0.1) is 36.4 Å². The van der Waals surface area contributed by atoms with E-state index >= 15 is 0 Å². The van der Waals surface area contributed by atoms with Crippen LogP contribution in [-0.4, -0.2) is 18.0 Å². The first kappa shape index (κ1) is 17.5. The molecule has 3 nitrogen and oxygen atoms in total. The molecule has 0 radical (unpaired) electrons. The van der Waals surface area contributed by atoms with Crippen LogP contribution in [-0.2, 0) is 27.5 Å². The van der Waals surface area contributed by atoms with Gasteiger partial charge in [-0.05, 0) is 23.5 Å². The van der Waals surface area contributed by atoms with Gasteiger partial charge in [-0.1, -0.05) is 78.3 Å². The zero-order valence-electron chi connectivity index (χ0n) is 14.4. The number of hydrogen-bond donors (Lipinski definition) is 0. The maximum absolute atomic E-state index is 12.5. The topological polar surface area (TPSA) is 35.5 Å². The van der Waals surface area contributed by atoms with Gasteiger partial charge in [0.1, 0.15) is 0 Å². The average molecular weight is 369 g/mol. The molecule has 134 valence electrons. The van der Waals surface area contributed by atoms with Crippen molar-refractivity contribution in [3.8, 4) is 0 Å². The molecule has 2 aliphatic rings. The van der Waals surface area contributed by atoms with Crippen molar-refractivity contribution in [2.75, 3.05) is 0 Å². The summed E-state index contributed by atoms with van der Waals surface area (Å²) >= 11 is 6.08. The fourth-order valence-electron chi connectivity index (χ4n) is 3.89. The number of benzene rings is 2. The molecule has 0 N–H and O–H groups in total. The Balaban J connectivity index is 1.47. The number of carbonyl (C=O) groups is 1. The molecule has 1 saturated carbocycles. The second-order valence-corrected chi connectivity index (χ2v) is 7.31. The number of fused-ring (bicyclic) bond motifs is 1. The lowest BCUT2D eigenvalue weighted by atomic mass is 9.97. The van der Waals surface area contributed by atoms with E-state index in [0.29, 0.717) is 18.2 Å². The largest absolute Gasteiger partial charge is 0.371 e. The van der Waals surface area contributed by atoms with Crippen LogP contribution in [0.2, 0.25) is 0 Å². The number of ether oxygens (including phenoxy) is 2. The highest BCUT2D eigenvalue weighted by Gasteiger charge is 2.51. The van der Waals surface area contributed by atoms with Crippen LogP contribution in [0.4, 0.5) is 0 Å². The Morgan fingerprint density at radius 2 is 1.46 bits per heavy atom. The Morgan fingerprint density at radius 3 is 2.08 bits per heavy atom. The quantitative estimate of drug-likeness (QED) is 0.753. The van der Waals surface area contributed by atoms with Gasteiger partial charge in [0.25, 0.3) is 0 Å². The first-order valence-corrected chi connectivity index (χ1v) is 9.33. The highest BCUT2D eigenvalue weighted by atomic mass is 35.5. The van der Waals surface area contributed by atoms with Gasteiger partial charge in [0.15, 0.2) is 5.78 Å². The van der Waals surface area contributed by atoms with Crippen molar-refractivity contribution in [3.05, 3.63) is 82.9 Å². The van der Waals surface area contributed by atoms with Crippen molar-refractivity contribution in [3.63, 3.8) is 0 Å². The summed E-state index contributed by atoms with van der Waals surface area (Å²) in [5.74, 6) is -0.135. The molecule has 0 bridgehead atoms. The molecule has 0 saturated heterocycles. The molecule has 0 spiro atoms.